The van der Waals surface area contributed by atoms with Crippen molar-refractivity contribution in [2.45, 2.75) is 0 Å². The van der Waals surface area contributed by atoms with Gasteiger partial charge in [0, 0.05) is 25.9 Å². The van der Waals surface area contributed by atoms with Crippen LogP contribution < -0.4 is 4.90 Å². The molecule has 0 spiro atoms. The highest BCUT2D eigenvalue weighted by Crippen LogP contribution is 2.30. The maximum atomic E-state index is 14.6. The average molecular weight is 296 g/mol. The molecule has 0 atom stereocenters. The van der Waals surface area contributed by atoms with Crippen molar-refractivity contribution in [2.75, 3.05) is 19.0 Å². The molecule has 0 bridgehead atoms. The van der Waals surface area contributed by atoms with Crippen LogP contribution in [0.1, 0.15) is 0 Å². The summed E-state index contributed by atoms with van der Waals surface area (Å²) in [6.07, 6.45) is 3.44. The van der Waals surface area contributed by atoms with Gasteiger partial charge in [0.05, 0.1) is 17.1 Å². The maximum Gasteiger partial charge on any atom is 0.159 e. The first kappa shape index (κ1) is 12.8. The zero-order valence-corrected chi connectivity index (χ0v) is 12.1. The largest absolute Gasteiger partial charge is 0.361 e. The molecule has 0 radical (unpaired) electrons. The number of rotatable bonds is 2. The highest BCUT2D eigenvalue weighted by molar-refractivity contribution is 5.90. The summed E-state index contributed by atoms with van der Waals surface area (Å²) >= 11 is 0. The van der Waals surface area contributed by atoms with Gasteiger partial charge in [-0.2, -0.15) is 10.2 Å². The van der Waals surface area contributed by atoms with E-state index < -0.39 is 5.82 Å². The molecule has 6 nitrogen and oxygen atoms in total. The highest BCUT2D eigenvalue weighted by Gasteiger charge is 2.17. The van der Waals surface area contributed by atoms with Crippen LogP contribution in [-0.2, 0) is 0 Å². The number of anilines is 1. The zero-order valence-electron chi connectivity index (χ0n) is 12.1. The smallest absolute Gasteiger partial charge is 0.159 e. The molecule has 0 amide bonds. The van der Waals surface area contributed by atoms with Crippen LogP contribution in [0.2, 0.25) is 0 Å². The van der Waals surface area contributed by atoms with Crippen LogP contribution in [0.3, 0.4) is 0 Å². The SMILES string of the molecule is CN(C)c1n[nH]c2nc(-c3cnn4ccccc34)c(F)cc12. The Hall–Kier alpha value is -2.96. The second kappa shape index (κ2) is 4.52. The summed E-state index contributed by atoms with van der Waals surface area (Å²) in [6.45, 7) is 0. The first-order valence-corrected chi connectivity index (χ1v) is 6.80. The quantitative estimate of drug-likeness (QED) is 0.617. The van der Waals surface area contributed by atoms with E-state index in [0.717, 1.165) is 5.52 Å². The third-order valence-electron chi connectivity index (χ3n) is 3.59. The lowest BCUT2D eigenvalue weighted by molar-refractivity contribution is 0.628. The second-order valence-corrected chi connectivity index (χ2v) is 5.25. The highest BCUT2D eigenvalue weighted by atomic mass is 19.1. The molecule has 4 aromatic rings. The lowest BCUT2D eigenvalue weighted by atomic mass is 10.1. The molecule has 4 rings (SSSR count). The summed E-state index contributed by atoms with van der Waals surface area (Å²) in [7, 11) is 3.71. The normalized spacial score (nSPS) is 11.4. The van der Waals surface area contributed by atoms with Crippen LogP contribution in [0, 0.1) is 5.82 Å². The Morgan fingerprint density at radius 2 is 2.14 bits per heavy atom. The molecule has 1 N–H and O–H groups in total. The maximum absolute atomic E-state index is 14.6. The lowest BCUT2D eigenvalue weighted by Gasteiger charge is -2.08. The van der Waals surface area contributed by atoms with Crippen molar-refractivity contribution < 1.29 is 4.39 Å². The number of aromatic amines is 1. The minimum atomic E-state index is -0.393. The van der Waals surface area contributed by atoms with Crippen LogP contribution in [0.25, 0.3) is 27.8 Å². The van der Waals surface area contributed by atoms with E-state index in [1.807, 2.05) is 43.4 Å². The molecular formula is C15H13FN6. The molecule has 4 heterocycles. The number of aromatic nitrogens is 5. The van der Waals surface area contributed by atoms with E-state index in [1.54, 1.807) is 10.7 Å². The van der Waals surface area contributed by atoms with Gasteiger partial charge in [-0.25, -0.2) is 13.9 Å². The third-order valence-corrected chi connectivity index (χ3v) is 3.59. The molecule has 0 saturated heterocycles. The fraction of sp³-hybridized carbons (Fsp3) is 0.133. The fourth-order valence-corrected chi connectivity index (χ4v) is 2.56. The van der Waals surface area contributed by atoms with Gasteiger partial charge in [0.25, 0.3) is 0 Å². The van der Waals surface area contributed by atoms with Crippen molar-refractivity contribution in [3.63, 3.8) is 0 Å². The minimum absolute atomic E-state index is 0.266. The van der Waals surface area contributed by atoms with Crippen molar-refractivity contribution in [2.24, 2.45) is 0 Å². The molecule has 0 fully saturated rings. The van der Waals surface area contributed by atoms with E-state index >= 15 is 0 Å². The Morgan fingerprint density at radius 1 is 1.27 bits per heavy atom. The van der Waals surface area contributed by atoms with E-state index in [2.05, 4.69) is 20.3 Å². The summed E-state index contributed by atoms with van der Waals surface area (Å²) in [6, 6.07) is 7.10. The van der Waals surface area contributed by atoms with Gasteiger partial charge in [0.15, 0.2) is 17.3 Å². The zero-order chi connectivity index (χ0) is 15.3. The molecule has 0 aromatic carbocycles. The van der Waals surface area contributed by atoms with E-state index in [-0.39, 0.29) is 5.69 Å². The Bertz CT molecular complexity index is 984. The number of pyridine rings is 2. The molecule has 0 aliphatic rings. The number of nitrogens with zero attached hydrogens (tertiary/aromatic N) is 5. The van der Waals surface area contributed by atoms with Gasteiger partial charge >= 0.3 is 0 Å². The van der Waals surface area contributed by atoms with Crippen molar-refractivity contribution in [3.05, 3.63) is 42.5 Å². The summed E-state index contributed by atoms with van der Waals surface area (Å²) in [5.74, 6) is 0.267. The lowest BCUT2D eigenvalue weighted by Crippen LogP contribution is -2.09. The van der Waals surface area contributed by atoms with Gasteiger partial charge < -0.3 is 4.90 Å². The molecule has 0 saturated carbocycles. The topological polar surface area (TPSA) is 62.1 Å². The predicted octanol–water partition coefficient (Wildman–Crippen LogP) is 2.48. The molecule has 22 heavy (non-hydrogen) atoms. The predicted molar refractivity (Wildman–Crippen MR) is 82.4 cm³/mol. The molecule has 4 aromatic heterocycles. The van der Waals surface area contributed by atoms with Gasteiger partial charge in [-0.1, -0.05) is 6.07 Å². The average Bonchev–Trinajstić information content (AvgIpc) is 3.09. The summed E-state index contributed by atoms with van der Waals surface area (Å²) in [4.78, 5) is 6.21. The van der Waals surface area contributed by atoms with Gasteiger partial charge in [0.2, 0.25) is 0 Å². The van der Waals surface area contributed by atoms with Crippen LogP contribution >= 0.6 is 0 Å². The molecule has 0 aliphatic heterocycles. The second-order valence-electron chi connectivity index (χ2n) is 5.25. The number of H-pyrrole nitrogens is 1. The Morgan fingerprint density at radius 3 is 2.95 bits per heavy atom. The molecular weight excluding hydrogens is 283 g/mol. The van der Waals surface area contributed by atoms with Crippen LogP contribution in [0.4, 0.5) is 10.2 Å². The molecule has 0 aliphatic carbocycles. The molecule has 0 unspecified atom stereocenters. The van der Waals surface area contributed by atoms with Crippen LogP contribution in [-0.4, -0.2) is 38.9 Å². The summed E-state index contributed by atoms with van der Waals surface area (Å²) in [5.41, 5.74) is 2.28. The first-order valence-electron chi connectivity index (χ1n) is 6.80. The van der Waals surface area contributed by atoms with E-state index in [1.165, 1.54) is 6.07 Å². The van der Waals surface area contributed by atoms with Gasteiger partial charge in [-0.15, -0.1) is 0 Å². The molecule has 7 heteroatoms. The van der Waals surface area contributed by atoms with Crippen LogP contribution in [0.15, 0.2) is 36.7 Å². The number of fused-ring (bicyclic) bond motifs is 2. The number of halogens is 1. The number of hydrogen-bond donors (Lipinski definition) is 1. The summed E-state index contributed by atoms with van der Waals surface area (Å²) in [5, 5.41) is 11.9. The first-order chi connectivity index (χ1) is 10.6. The van der Waals surface area contributed by atoms with Gasteiger partial charge in [0.1, 0.15) is 5.69 Å². The Balaban J connectivity index is 1.97. The third kappa shape index (κ3) is 1.75. The van der Waals surface area contributed by atoms with Crippen molar-refractivity contribution in [1.29, 1.82) is 0 Å². The van der Waals surface area contributed by atoms with Gasteiger partial charge in [-0.05, 0) is 18.2 Å². The standard InChI is InChI=1S/C15H13FN6/c1-21(2)15-9-7-11(16)13(18-14(9)19-20-15)10-8-17-22-6-4-3-5-12(10)22/h3-8H,1-2H3,(H,18,19,20). The fourth-order valence-electron chi connectivity index (χ4n) is 2.56. The van der Waals surface area contributed by atoms with Crippen molar-refractivity contribution in [1.82, 2.24) is 24.8 Å². The van der Waals surface area contributed by atoms with E-state index in [9.17, 15) is 4.39 Å². The van der Waals surface area contributed by atoms with Crippen molar-refractivity contribution in [3.8, 4) is 11.3 Å². The monoisotopic (exact) mass is 296 g/mol. The minimum Gasteiger partial charge on any atom is -0.361 e. The van der Waals surface area contributed by atoms with E-state index in [0.29, 0.717) is 22.4 Å². The number of nitrogens with one attached hydrogen (secondary N) is 1. The Kier molecular flexibility index (Phi) is 2.62. The van der Waals surface area contributed by atoms with Crippen molar-refractivity contribution >= 4 is 22.4 Å². The number of hydrogen-bond acceptors (Lipinski definition) is 4. The van der Waals surface area contributed by atoms with E-state index in [4.69, 9.17) is 0 Å². The van der Waals surface area contributed by atoms with Crippen LogP contribution in [0.5, 0.6) is 0 Å². The molecule has 110 valence electrons. The van der Waals surface area contributed by atoms with Gasteiger partial charge in [-0.3, -0.25) is 5.10 Å². The Labute approximate surface area is 125 Å². The summed E-state index contributed by atoms with van der Waals surface area (Å²) < 4.78 is 16.3.